The highest BCUT2D eigenvalue weighted by molar-refractivity contribution is 5.91. The van der Waals surface area contributed by atoms with Gasteiger partial charge in [-0.05, 0) is 55.5 Å². The van der Waals surface area contributed by atoms with Gasteiger partial charge in [-0.25, -0.2) is 18.9 Å². The fraction of sp³-hybridized carbons (Fsp3) is 0.280. The van der Waals surface area contributed by atoms with Crippen LogP contribution in [0.2, 0.25) is 0 Å². The van der Waals surface area contributed by atoms with Crippen LogP contribution < -0.4 is 15.9 Å². The van der Waals surface area contributed by atoms with Crippen LogP contribution in [0.5, 0.6) is 0 Å². The summed E-state index contributed by atoms with van der Waals surface area (Å²) in [6, 6.07) is 15.8. The molecule has 0 atom stereocenters. The first kappa shape index (κ1) is 20.9. The van der Waals surface area contributed by atoms with E-state index >= 15 is 0 Å². The van der Waals surface area contributed by atoms with Crippen molar-refractivity contribution in [1.82, 2.24) is 19.2 Å². The Morgan fingerprint density at radius 3 is 2.67 bits per heavy atom. The van der Waals surface area contributed by atoms with Crippen molar-refractivity contribution in [3.8, 4) is 0 Å². The van der Waals surface area contributed by atoms with Crippen LogP contribution in [-0.2, 0) is 24.3 Å². The summed E-state index contributed by atoms with van der Waals surface area (Å²) in [7, 11) is 0. The molecular weight excluding hydrogens is 416 g/mol. The number of amides is 1. The fourth-order valence-corrected chi connectivity index (χ4v) is 4.33. The van der Waals surface area contributed by atoms with E-state index in [1.165, 1.54) is 20.2 Å². The second kappa shape index (κ2) is 8.20. The Balaban J connectivity index is 1.46. The Morgan fingerprint density at radius 1 is 1.06 bits per heavy atom. The standard InChI is InChI=1S/C25H26N6O2/c1-16-7-6-10-21(18(16)3)27-23(32)15-30-25(33)31-22(28-30)13-17(2)26-24(31)29-12-11-19-8-4-5-9-20(19)14-29/h4-10,13H,11-12,14-15H2,1-3H3,(H,27,32). The lowest BCUT2D eigenvalue weighted by Gasteiger charge is -2.29. The van der Waals surface area contributed by atoms with E-state index in [4.69, 9.17) is 0 Å². The van der Waals surface area contributed by atoms with Crippen molar-refractivity contribution < 1.29 is 4.79 Å². The third-order valence-electron chi connectivity index (χ3n) is 6.26. The van der Waals surface area contributed by atoms with Gasteiger partial charge in [-0.2, -0.15) is 0 Å². The lowest BCUT2D eigenvalue weighted by Crippen LogP contribution is -2.35. The number of benzene rings is 2. The molecule has 0 fully saturated rings. The van der Waals surface area contributed by atoms with Crippen LogP contribution in [0.4, 0.5) is 11.6 Å². The second-order valence-corrected chi connectivity index (χ2v) is 8.57. The molecule has 3 heterocycles. The highest BCUT2D eigenvalue weighted by Crippen LogP contribution is 2.23. The van der Waals surface area contributed by atoms with Crippen molar-refractivity contribution in [3.63, 3.8) is 0 Å². The molecule has 1 aliphatic rings. The van der Waals surface area contributed by atoms with E-state index in [1.807, 2.05) is 45.0 Å². The van der Waals surface area contributed by atoms with Gasteiger partial charge >= 0.3 is 5.69 Å². The summed E-state index contributed by atoms with van der Waals surface area (Å²) in [5.74, 6) is 0.262. The molecule has 33 heavy (non-hydrogen) atoms. The minimum absolute atomic E-state index is 0.171. The molecule has 168 valence electrons. The van der Waals surface area contributed by atoms with Crippen molar-refractivity contribution in [2.45, 2.75) is 40.3 Å². The first-order chi connectivity index (χ1) is 15.9. The molecule has 1 N–H and O–H groups in total. The van der Waals surface area contributed by atoms with E-state index in [2.05, 4.69) is 38.5 Å². The molecule has 5 rings (SSSR count). The number of hydrogen-bond donors (Lipinski definition) is 1. The summed E-state index contributed by atoms with van der Waals surface area (Å²) in [6.07, 6.45) is 0.883. The van der Waals surface area contributed by atoms with E-state index in [1.54, 1.807) is 6.07 Å². The first-order valence-corrected chi connectivity index (χ1v) is 11.1. The Labute approximate surface area is 191 Å². The third-order valence-corrected chi connectivity index (χ3v) is 6.26. The van der Waals surface area contributed by atoms with Crippen molar-refractivity contribution in [1.29, 1.82) is 0 Å². The predicted molar refractivity (Wildman–Crippen MR) is 128 cm³/mol. The third kappa shape index (κ3) is 3.88. The average molecular weight is 443 g/mol. The molecule has 8 nitrogen and oxygen atoms in total. The molecule has 2 aromatic carbocycles. The Kier molecular flexibility index (Phi) is 5.20. The van der Waals surface area contributed by atoms with Crippen molar-refractivity contribution >= 4 is 23.2 Å². The molecule has 0 saturated carbocycles. The van der Waals surface area contributed by atoms with Gasteiger partial charge < -0.3 is 10.2 Å². The summed E-state index contributed by atoms with van der Waals surface area (Å²) < 4.78 is 2.71. The predicted octanol–water partition coefficient (Wildman–Crippen LogP) is 3.02. The van der Waals surface area contributed by atoms with Crippen LogP contribution >= 0.6 is 0 Å². The highest BCUT2D eigenvalue weighted by Gasteiger charge is 2.23. The van der Waals surface area contributed by atoms with Crippen LogP contribution in [-0.4, -0.2) is 31.6 Å². The minimum Gasteiger partial charge on any atom is -0.337 e. The van der Waals surface area contributed by atoms with E-state index in [0.717, 1.165) is 35.5 Å². The number of carbonyl (C=O) groups is 1. The summed E-state index contributed by atoms with van der Waals surface area (Å²) in [4.78, 5) is 32.8. The number of hydrogen-bond acceptors (Lipinski definition) is 5. The Hall–Kier alpha value is -3.94. The van der Waals surface area contributed by atoms with Gasteiger partial charge in [-0.15, -0.1) is 5.10 Å². The first-order valence-electron chi connectivity index (χ1n) is 11.1. The number of rotatable bonds is 4. The minimum atomic E-state index is -0.373. The summed E-state index contributed by atoms with van der Waals surface area (Å²) in [5.41, 5.74) is 6.27. The zero-order valence-electron chi connectivity index (χ0n) is 19.0. The molecule has 1 amide bonds. The maximum Gasteiger partial charge on any atom is 0.353 e. The van der Waals surface area contributed by atoms with Crippen molar-refractivity contribution in [2.24, 2.45) is 0 Å². The smallest absolute Gasteiger partial charge is 0.337 e. The SMILES string of the molecule is Cc1cc2nn(CC(=O)Nc3cccc(C)c3C)c(=O)n2c(N2CCc3ccccc3C2)n1. The summed E-state index contributed by atoms with van der Waals surface area (Å²) >= 11 is 0. The Bertz CT molecular complexity index is 1430. The quantitative estimate of drug-likeness (QED) is 0.525. The topological polar surface area (TPSA) is 84.5 Å². The Morgan fingerprint density at radius 2 is 1.85 bits per heavy atom. The number of aromatic nitrogens is 4. The number of nitrogens with zero attached hydrogens (tertiary/aromatic N) is 5. The maximum atomic E-state index is 13.3. The van der Waals surface area contributed by atoms with Gasteiger partial charge in [0.1, 0.15) is 6.54 Å². The van der Waals surface area contributed by atoms with Crippen LogP contribution in [0.25, 0.3) is 5.65 Å². The van der Waals surface area contributed by atoms with Crippen LogP contribution in [0, 0.1) is 20.8 Å². The number of fused-ring (bicyclic) bond motifs is 2. The fourth-order valence-electron chi connectivity index (χ4n) is 4.33. The number of aryl methyl sites for hydroxylation is 2. The number of anilines is 2. The molecule has 1 aliphatic heterocycles. The lowest BCUT2D eigenvalue weighted by atomic mass is 10.0. The molecule has 0 aliphatic carbocycles. The highest BCUT2D eigenvalue weighted by atomic mass is 16.2. The summed E-state index contributed by atoms with van der Waals surface area (Å²) in [6.45, 7) is 7.10. The molecule has 0 unspecified atom stereocenters. The van der Waals surface area contributed by atoms with Gasteiger partial charge in [-0.1, -0.05) is 36.4 Å². The molecule has 8 heteroatoms. The van der Waals surface area contributed by atoms with Gasteiger partial charge in [0.15, 0.2) is 5.65 Å². The van der Waals surface area contributed by atoms with Crippen LogP contribution in [0.15, 0.2) is 53.3 Å². The van der Waals surface area contributed by atoms with Gasteiger partial charge in [0.25, 0.3) is 0 Å². The average Bonchev–Trinajstić information content (AvgIpc) is 3.10. The molecule has 0 bridgehead atoms. The zero-order valence-corrected chi connectivity index (χ0v) is 19.0. The molecule has 4 aromatic rings. The van der Waals surface area contributed by atoms with Crippen LogP contribution in [0.3, 0.4) is 0 Å². The monoisotopic (exact) mass is 442 g/mol. The maximum absolute atomic E-state index is 13.3. The van der Waals surface area contributed by atoms with Gasteiger partial charge in [0, 0.05) is 30.5 Å². The number of nitrogens with one attached hydrogen (secondary N) is 1. The summed E-state index contributed by atoms with van der Waals surface area (Å²) in [5, 5.41) is 7.33. The van der Waals surface area contributed by atoms with Gasteiger partial charge in [-0.3, -0.25) is 4.79 Å². The van der Waals surface area contributed by atoms with E-state index < -0.39 is 0 Å². The van der Waals surface area contributed by atoms with E-state index in [9.17, 15) is 9.59 Å². The number of carbonyl (C=O) groups excluding carboxylic acids is 1. The van der Waals surface area contributed by atoms with Crippen molar-refractivity contribution in [3.05, 3.63) is 87.0 Å². The van der Waals surface area contributed by atoms with E-state index in [-0.39, 0.29) is 18.1 Å². The largest absolute Gasteiger partial charge is 0.353 e. The van der Waals surface area contributed by atoms with Crippen LogP contribution in [0.1, 0.15) is 27.9 Å². The molecule has 0 spiro atoms. The second-order valence-electron chi connectivity index (χ2n) is 8.57. The van der Waals surface area contributed by atoms with Crippen molar-refractivity contribution in [2.75, 3.05) is 16.8 Å². The molecular formula is C25H26N6O2. The molecule has 2 aromatic heterocycles. The van der Waals surface area contributed by atoms with E-state index in [0.29, 0.717) is 18.1 Å². The lowest BCUT2D eigenvalue weighted by molar-refractivity contribution is -0.117. The molecule has 0 radical (unpaired) electrons. The van der Waals surface area contributed by atoms with Gasteiger partial charge in [0.2, 0.25) is 11.9 Å². The molecule has 0 saturated heterocycles. The normalized spacial score (nSPS) is 13.2. The van der Waals surface area contributed by atoms with Gasteiger partial charge in [0.05, 0.1) is 0 Å². The zero-order chi connectivity index (χ0) is 23.1.